The Morgan fingerprint density at radius 1 is 0.895 bits per heavy atom. The van der Waals surface area contributed by atoms with E-state index in [4.69, 9.17) is 20.9 Å². The predicted molar refractivity (Wildman–Crippen MR) is 138 cm³/mol. The third kappa shape index (κ3) is 9.20. The predicted octanol–water partition coefficient (Wildman–Crippen LogP) is 5.89. The maximum absolute atomic E-state index is 12.5. The first-order chi connectivity index (χ1) is 18.0. The number of aryl methyl sites for hydroxylation is 1. The van der Waals surface area contributed by atoms with Gasteiger partial charge in [-0.2, -0.15) is 13.2 Å². The number of esters is 1. The number of carbonyl (C=O) groups excluding carboxylic acids is 1. The number of alkyl halides is 3. The summed E-state index contributed by atoms with van der Waals surface area (Å²) in [5.41, 5.74) is 14.5. The SMILES string of the molecule is Nc1cc(N)cc(CC/C(=C\c2ccc(C(=O)Oc3ccc(OCCCC(F)(F)F)cc3)cc2)C(=O)O)c1. The second-order valence-electron chi connectivity index (χ2n) is 8.53. The summed E-state index contributed by atoms with van der Waals surface area (Å²) in [6.07, 6.45) is -3.08. The number of nitrogen functional groups attached to an aromatic ring is 2. The molecule has 0 radical (unpaired) electrons. The molecule has 5 N–H and O–H groups in total. The maximum atomic E-state index is 12.5. The second kappa shape index (κ2) is 12.7. The summed E-state index contributed by atoms with van der Waals surface area (Å²) in [6, 6.07) is 17.3. The van der Waals surface area contributed by atoms with Crippen molar-refractivity contribution < 1.29 is 37.3 Å². The van der Waals surface area contributed by atoms with Crippen LogP contribution in [0.25, 0.3) is 6.08 Å². The number of hydrogen-bond donors (Lipinski definition) is 3. The van der Waals surface area contributed by atoms with Gasteiger partial charge in [-0.15, -0.1) is 0 Å². The highest BCUT2D eigenvalue weighted by Gasteiger charge is 2.26. The molecule has 3 rings (SSSR count). The summed E-state index contributed by atoms with van der Waals surface area (Å²) in [5, 5.41) is 9.59. The van der Waals surface area contributed by atoms with Crippen LogP contribution in [0.2, 0.25) is 0 Å². The zero-order valence-electron chi connectivity index (χ0n) is 20.3. The van der Waals surface area contributed by atoms with Gasteiger partial charge in [-0.1, -0.05) is 12.1 Å². The van der Waals surface area contributed by atoms with Gasteiger partial charge in [-0.25, -0.2) is 9.59 Å². The number of hydrogen-bond acceptors (Lipinski definition) is 6. The molecule has 0 unspecified atom stereocenters. The summed E-state index contributed by atoms with van der Waals surface area (Å²) in [7, 11) is 0. The van der Waals surface area contributed by atoms with E-state index >= 15 is 0 Å². The molecule has 200 valence electrons. The van der Waals surface area contributed by atoms with Crippen molar-refractivity contribution in [2.45, 2.75) is 31.9 Å². The van der Waals surface area contributed by atoms with E-state index < -0.39 is 24.5 Å². The maximum Gasteiger partial charge on any atom is 0.389 e. The van der Waals surface area contributed by atoms with Crippen molar-refractivity contribution in [3.8, 4) is 11.5 Å². The first-order valence-corrected chi connectivity index (χ1v) is 11.7. The van der Waals surface area contributed by atoms with Gasteiger partial charge in [0.15, 0.2) is 0 Å². The minimum atomic E-state index is -4.22. The Hall–Kier alpha value is -4.47. The number of carboxylic acids is 1. The van der Waals surface area contributed by atoms with Gasteiger partial charge in [0.05, 0.1) is 12.2 Å². The van der Waals surface area contributed by atoms with Gasteiger partial charge in [0.1, 0.15) is 11.5 Å². The van der Waals surface area contributed by atoms with Gasteiger partial charge in [-0.05, 0) is 91.1 Å². The zero-order valence-corrected chi connectivity index (χ0v) is 20.3. The Balaban J connectivity index is 1.56. The first kappa shape index (κ1) is 28.1. The Morgan fingerprint density at radius 2 is 1.50 bits per heavy atom. The molecule has 0 heterocycles. The fourth-order valence-corrected chi connectivity index (χ4v) is 3.56. The third-order valence-electron chi connectivity index (χ3n) is 5.39. The molecule has 0 spiro atoms. The molecule has 3 aromatic rings. The van der Waals surface area contributed by atoms with E-state index in [-0.39, 0.29) is 36.3 Å². The van der Waals surface area contributed by atoms with Crippen LogP contribution >= 0.6 is 0 Å². The molecule has 0 aliphatic rings. The first-order valence-electron chi connectivity index (χ1n) is 11.7. The van der Waals surface area contributed by atoms with E-state index in [1.54, 1.807) is 30.3 Å². The van der Waals surface area contributed by atoms with E-state index in [9.17, 15) is 27.9 Å². The number of ether oxygens (including phenoxy) is 2. The average Bonchev–Trinajstić information content (AvgIpc) is 2.84. The zero-order chi connectivity index (χ0) is 27.7. The van der Waals surface area contributed by atoms with Crippen LogP contribution in [-0.4, -0.2) is 29.8 Å². The molecule has 3 aromatic carbocycles. The Kier molecular flexibility index (Phi) is 9.37. The molecule has 0 amide bonds. The fourth-order valence-electron chi connectivity index (χ4n) is 3.56. The quantitative estimate of drug-likeness (QED) is 0.0931. The average molecular weight is 529 g/mol. The van der Waals surface area contributed by atoms with Gasteiger partial charge >= 0.3 is 18.1 Å². The van der Waals surface area contributed by atoms with Crippen LogP contribution in [0.3, 0.4) is 0 Å². The van der Waals surface area contributed by atoms with Gasteiger partial charge < -0.3 is 26.0 Å². The lowest BCUT2D eigenvalue weighted by Gasteiger charge is -2.09. The van der Waals surface area contributed by atoms with E-state index in [0.717, 1.165) is 5.56 Å². The Morgan fingerprint density at radius 3 is 2.08 bits per heavy atom. The summed E-state index contributed by atoms with van der Waals surface area (Å²) in [5.74, 6) is -1.09. The van der Waals surface area contributed by atoms with Crippen molar-refractivity contribution >= 4 is 29.4 Å². The molecule has 0 bridgehead atoms. The molecule has 7 nitrogen and oxygen atoms in total. The largest absolute Gasteiger partial charge is 0.494 e. The number of carbonyl (C=O) groups is 2. The molecular formula is C28H27F3N2O5. The van der Waals surface area contributed by atoms with Crippen molar-refractivity contribution in [3.05, 3.63) is 89.0 Å². The fraction of sp³-hybridized carbons (Fsp3) is 0.214. The van der Waals surface area contributed by atoms with Crippen LogP contribution < -0.4 is 20.9 Å². The number of nitrogens with two attached hydrogens (primary N) is 2. The lowest BCUT2D eigenvalue weighted by Crippen LogP contribution is -2.10. The molecule has 0 aliphatic carbocycles. The van der Waals surface area contributed by atoms with Crippen molar-refractivity contribution in [2.24, 2.45) is 0 Å². The van der Waals surface area contributed by atoms with Gasteiger partial charge in [0.25, 0.3) is 0 Å². The Labute approximate surface area is 217 Å². The summed E-state index contributed by atoms with van der Waals surface area (Å²) in [6.45, 7) is -0.0848. The minimum absolute atomic E-state index is 0.0848. The molecular weight excluding hydrogens is 501 g/mol. The van der Waals surface area contributed by atoms with E-state index in [2.05, 4.69) is 0 Å². The highest BCUT2D eigenvalue weighted by molar-refractivity contribution is 5.93. The molecule has 0 saturated heterocycles. The van der Waals surface area contributed by atoms with Gasteiger partial charge in [-0.3, -0.25) is 0 Å². The molecule has 0 fully saturated rings. The molecule has 0 aromatic heterocycles. The van der Waals surface area contributed by atoms with Crippen molar-refractivity contribution in [3.63, 3.8) is 0 Å². The standard InChI is InChI=1S/C28H27F3N2O5/c29-28(30,31)12-1-13-37-24-8-10-25(11-9-24)38-27(36)20-5-2-18(3-6-20)14-21(26(34)35)7-4-19-15-22(32)17-23(33)16-19/h2-3,5-6,8-11,14-17H,1,4,7,12-13,32-33H2,(H,34,35)/b21-14+. The normalized spacial score (nSPS) is 11.7. The van der Waals surface area contributed by atoms with E-state index in [1.807, 2.05) is 0 Å². The molecule has 0 aliphatic heterocycles. The summed E-state index contributed by atoms with van der Waals surface area (Å²) in [4.78, 5) is 24.2. The Bertz CT molecular complexity index is 1270. The summed E-state index contributed by atoms with van der Waals surface area (Å²) >= 11 is 0. The second-order valence-corrected chi connectivity index (χ2v) is 8.53. The van der Waals surface area contributed by atoms with Crippen LogP contribution in [0.4, 0.5) is 24.5 Å². The molecule has 38 heavy (non-hydrogen) atoms. The van der Waals surface area contributed by atoms with Crippen LogP contribution in [0.1, 0.15) is 40.7 Å². The lowest BCUT2D eigenvalue weighted by atomic mass is 10.0. The van der Waals surface area contributed by atoms with Crippen molar-refractivity contribution in [1.29, 1.82) is 0 Å². The van der Waals surface area contributed by atoms with Gasteiger partial charge in [0, 0.05) is 23.4 Å². The lowest BCUT2D eigenvalue weighted by molar-refractivity contribution is -0.136. The number of carboxylic acid groups (broad SMARTS) is 1. The third-order valence-corrected chi connectivity index (χ3v) is 5.39. The highest BCUT2D eigenvalue weighted by Crippen LogP contribution is 2.23. The molecule has 0 atom stereocenters. The smallest absolute Gasteiger partial charge is 0.389 e. The number of rotatable bonds is 11. The van der Waals surface area contributed by atoms with Gasteiger partial charge in [0.2, 0.25) is 0 Å². The monoisotopic (exact) mass is 528 g/mol. The molecule has 10 heteroatoms. The minimum Gasteiger partial charge on any atom is -0.494 e. The van der Waals surface area contributed by atoms with Crippen molar-refractivity contribution in [2.75, 3.05) is 18.1 Å². The van der Waals surface area contributed by atoms with Crippen LogP contribution in [-0.2, 0) is 11.2 Å². The summed E-state index contributed by atoms with van der Waals surface area (Å²) < 4.78 is 47.1. The van der Waals surface area contributed by atoms with E-state index in [0.29, 0.717) is 29.1 Å². The number of benzene rings is 3. The molecule has 0 saturated carbocycles. The number of halogens is 3. The van der Waals surface area contributed by atoms with Crippen molar-refractivity contribution in [1.82, 2.24) is 0 Å². The number of anilines is 2. The van der Waals surface area contributed by atoms with Crippen LogP contribution in [0, 0.1) is 0 Å². The topological polar surface area (TPSA) is 125 Å². The van der Waals surface area contributed by atoms with Crippen LogP contribution in [0.5, 0.6) is 11.5 Å². The van der Waals surface area contributed by atoms with Crippen LogP contribution in [0.15, 0.2) is 72.3 Å². The highest BCUT2D eigenvalue weighted by atomic mass is 19.4. The van der Waals surface area contributed by atoms with E-state index in [1.165, 1.54) is 42.5 Å². The number of aliphatic carboxylic acids is 1.